The molecule has 0 radical (unpaired) electrons. The largest absolute Gasteiger partial charge is 0.481 e. The third-order valence-corrected chi connectivity index (χ3v) is 8.24. The summed E-state index contributed by atoms with van der Waals surface area (Å²) in [5.74, 6) is -3.04. The number of para-hydroxylation sites is 1. The van der Waals surface area contributed by atoms with Crippen LogP contribution in [0.3, 0.4) is 0 Å². The van der Waals surface area contributed by atoms with Crippen molar-refractivity contribution >= 4 is 33.3 Å². The molecule has 162 valence electrons. The van der Waals surface area contributed by atoms with Crippen molar-refractivity contribution in [3.63, 3.8) is 0 Å². The van der Waals surface area contributed by atoms with E-state index in [0.717, 1.165) is 5.56 Å². The second-order valence-corrected chi connectivity index (χ2v) is 10.0. The van der Waals surface area contributed by atoms with Gasteiger partial charge in [0.15, 0.2) is 0 Å². The fourth-order valence-corrected chi connectivity index (χ4v) is 6.45. The zero-order valence-corrected chi connectivity index (χ0v) is 17.4. The highest BCUT2D eigenvalue weighted by atomic mass is 32.2. The van der Waals surface area contributed by atoms with Crippen LogP contribution in [0.2, 0.25) is 0 Å². The molecule has 3 aliphatic rings. The van der Waals surface area contributed by atoms with Gasteiger partial charge in [0, 0.05) is 12.2 Å². The minimum Gasteiger partial charge on any atom is -0.481 e. The second-order valence-electron chi connectivity index (χ2n) is 8.15. The molecule has 0 saturated carbocycles. The Balaban J connectivity index is 1.33. The molecule has 4 unspecified atom stereocenters. The maximum atomic E-state index is 13.1. The molecule has 0 aromatic heterocycles. The minimum absolute atomic E-state index is 0.133. The van der Waals surface area contributed by atoms with E-state index in [9.17, 15) is 23.1 Å². The molecule has 0 aliphatic carbocycles. The van der Waals surface area contributed by atoms with Gasteiger partial charge in [-0.05, 0) is 55.2 Å². The highest BCUT2D eigenvalue weighted by Gasteiger charge is 2.55. The van der Waals surface area contributed by atoms with Gasteiger partial charge in [0.25, 0.3) is 10.0 Å². The van der Waals surface area contributed by atoms with Crippen molar-refractivity contribution in [1.82, 2.24) is 0 Å². The first-order valence-corrected chi connectivity index (χ1v) is 11.7. The number of rotatable bonds is 5. The number of carboxylic acids is 1. The standard InChI is InChI=1S/C22H22N2O6S/c25-21(19-17-9-10-18(30-17)20(19)22(26)27)23-14-5-7-15(8-6-14)31(28,29)24-12-11-13-3-1-2-4-16(13)24/h1-8,17-20H,9-12H2,(H,23,25)(H,26,27). The van der Waals surface area contributed by atoms with E-state index in [4.69, 9.17) is 4.74 Å². The lowest BCUT2D eigenvalue weighted by Gasteiger charge is -2.24. The third kappa shape index (κ3) is 3.28. The van der Waals surface area contributed by atoms with Gasteiger partial charge in [-0.15, -0.1) is 0 Å². The van der Waals surface area contributed by atoms with Gasteiger partial charge in [0.1, 0.15) is 0 Å². The summed E-state index contributed by atoms with van der Waals surface area (Å²) in [6.45, 7) is 0.390. The SMILES string of the molecule is O=C(O)C1C2CCC(O2)C1C(=O)Nc1ccc(S(=O)(=O)N2CCc3ccccc32)cc1. The molecule has 4 atom stereocenters. The van der Waals surface area contributed by atoms with Gasteiger partial charge in [0.05, 0.1) is 34.6 Å². The first kappa shape index (κ1) is 20.0. The number of amides is 1. The zero-order valence-electron chi connectivity index (χ0n) is 16.6. The topological polar surface area (TPSA) is 113 Å². The Bertz CT molecular complexity index is 1150. The van der Waals surface area contributed by atoms with E-state index in [1.54, 1.807) is 6.07 Å². The molecular formula is C22H22N2O6S. The van der Waals surface area contributed by atoms with Gasteiger partial charge in [-0.3, -0.25) is 13.9 Å². The minimum atomic E-state index is -3.72. The maximum absolute atomic E-state index is 13.1. The van der Waals surface area contributed by atoms with E-state index in [1.807, 2.05) is 18.2 Å². The van der Waals surface area contributed by atoms with E-state index in [1.165, 1.54) is 28.6 Å². The molecule has 9 heteroatoms. The Morgan fingerprint density at radius 3 is 2.39 bits per heavy atom. The first-order chi connectivity index (χ1) is 14.9. The van der Waals surface area contributed by atoms with Crippen LogP contribution in [0.1, 0.15) is 18.4 Å². The van der Waals surface area contributed by atoms with Gasteiger partial charge in [-0.25, -0.2) is 8.42 Å². The van der Waals surface area contributed by atoms with E-state index < -0.39 is 39.8 Å². The molecule has 2 bridgehead atoms. The smallest absolute Gasteiger partial charge is 0.310 e. The monoisotopic (exact) mass is 442 g/mol. The van der Waals surface area contributed by atoms with Crippen LogP contribution in [0, 0.1) is 11.8 Å². The Morgan fingerprint density at radius 2 is 1.68 bits per heavy atom. The number of carbonyl (C=O) groups excluding carboxylic acids is 1. The second kappa shape index (κ2) is 7.35. The van der Waals surface area contributed by atoms with Crippen LogP contribution in [0.4, 0.5) is 11.4 Å². The Labute approximate surface area is 179 Å². The number of anilines is 2. The van der Waals surface area contributed by atoms with Crippen LogP contribution in [0.5, 0.6) is 0 Å². The Morgan fingerprint density at radius 1 is 1.00 bits per heavy atom. The molecular weight excluding hydrogens is 420 g/mol. The Hall–Kier alpha value is -2.91. The summed E-state index contributed by atoms with van der Waals surface area (Å²) < 4.78 is 33.2. The van der Waals surface area contributed by atoms with Crippen LogP contribution in [-0.4, -0.2) is 44.2 Å². The summed E-state index contributed by atoms with van der Waals surface area (Å²) in [5, 5.41) is 12.2. The zero-order chi connectivity index (χ0) is 21.8. The Kier molecular flexibility index (Phi) is 4.75. The van der Waals surface area contributed by atoms with Gasteiger partial charge in [-0.2, -0.15) is 0 Å². The molecule has 0 spiro atoms. The number of nitrogens with one attached hydrogen (secondary N) is 1. The number of hydrogen-bond acceptors (Lipinski definition) is 5. The van der Waals surface area contributed by atoms with Crippen LogP contribution >= 0.6 is 0 Å². The third-order valence-electron chi connectivity index (χ3n) is 6.42. The molecule has 3 heterocycles. The lowest BCUT2D eigenvalue weighted by molar-refractivity contribution is -0.147. The summed E-state index contributed by atoms with van der Waals surface area (Å²) in [6.07, 6.45) is 1.17. The van der Waals surface area contributed by atoms with E-state index in [0.29, 0.717) is 37.2 Å². The number of ether oxygens (including phenoxy) is 1. The lowest BCUT2D eigenvalue weighted by Crippen LogP contribution is -2.40. The van der Waals surface area contributed by atoms with Gasteiger partial charge in [0.2, 0.25) is 5.91 Å². The van der Waals surface area contributed by atoms with Crippen molar-refractivity contribution in [1.29, 1.82) is 0 Å². The van der Waals surface area contributed by atoms with Crippen LogP contribution in [0.25, 0.3) is 0 Å². The molecule has 1 amide bonds. The number of carbonyl (C=O) groups is 2. The van der Waals surface area contributed by atoms with Gasteiger partial charge < -0.3 is 15.2 Å². The predicted molar refractivity (Wildman–Crippen MR) is 112 cm³/mol. The summed E-state index contributed by atoms with van der Waals surface area (Å²) in [4.78, 5) is 24.5. The maximum Gasteiger partial charge on any atom is 0.310 e. The lowest BCUT2D eigenvalue weighted by atomic mass is 9.78. The number of nitrogens with zero attached hydrogens (tertiary/aromatic N) is 1. The molecule has 3 aliphatic heterocycles. The average molecular weight is 442 g/mol. The van der Waals surface area contributed by atoms with Crippen molar-refractivity contribution in [2.45, 2.75) is 36.4 Å². The normalized spacial score (nSPS) is 26.6. The van der Waals surface area contributed by atoms with Crippen LogP contribution in [-0.2, 0) is 30.8 Å². The van der Waals surface area contributed by atoms with Crippen molar-refractivity contribution in [3.05, 3.63) is 54.1 Å². The predicted octanol–water partition coefficient (Wildman–Crippen LogP) is 2.25. The quantitative estimate of drug-likeness (QED) is 0.734. The van der Waals surface area contributed by atoms with Crippen molar-refractivity contribution in [2.75, 3.05) is 16.2 Å². The van der Waals surface area contributed by atoms with Crippen molar-refractivity contribution in [2.24, 2.45) is 11.8 Å². The van der Waals surface area contributed by atoms with Crippen LogP contribution in [0.15, 0.2) is 53.4 Å². The number of carboxylic acid groups (broad SMARTS) is 1. The van der Waals surface area contributed by atoms with Crippen molar-refractivity contribution < 1.29 is 27.9 Å². The van der Waals surface area contributed by atoms with Crippen molar-refractivity contribution in [3.8, 4) is 0 Å². The summed E-state index contributed by atoms with van der Waals surface area (Å²) in [6, 6.07) is 13.4. The average Bonchev–Trinajstić information content (AvgIpc) is 3.48. The number of fused-ring (bicyclic) bond motifs is 3. The number of hydrogen-bond donors (Lipinski definition) is 2. The number of sulfonamides is 1. The molecule has 2 fully saturated rings. The van der Waals surface area contributed by atoms with Gasteiger partial charge in [-0.1, -0.05) is 18.2 Å². The molecule has 2 N–H and O–H groups in total. The molecule has 5 rings (SSSR count). The summed E-state index contributed by atoms with van der Waals surface area (Å²) in [5.41, 5.74) is 2.10. The number of benzene rings is 2. The fraction of sp³-hybridized carbons (Fsp3) is 0.364. The number of aliphatic carboxylic acids is 1. The fourth-order valence-electron chi connectivity index (χ4n) is 4.95. The highest BCUT2D eigenvalue weighted by Crippen LogP contribution is 2.44. The van der Waals surface area contributed by atoms with E-state index in [-0.39, 0.29) is 11.0 Å². The molecule has 8 nitrogen and oxygen atoms in total. The molecule has 2 saturated heterocycles. The van der Waals surface area contributed by atoms with E-state index >= 15 is 0 Å². The molecule has 2 aromatic rings. The van der Waals surface area contributed by atoms with Crippen LogP contribution < -0.4 is 9.62 Å². The van der Waals surface area contributed by atoms with Gasteiger partial charge >= 0.3 is 5.97 Å². The summed E-state index contributed by atoms with van der Waals surface area (Å²) >= 11 is 0. The highest BCUT2D eigenvalue weighted by molar-refractivity contribution is 7.92. The summed E-state index contributed by atoms with van der Waals surface area (Å²) in [7, 11) is -3.72. The van der Waals surface area contributed by atoms with E-state index in [2.05, 4.69) is 5.32 Å². The molecule has 31 heavy (non-hydrogen) atoms. The first-order valence-electron chi connectivity index (χ1n) is 10.3. The molecule has 2 aromatic carbocycles.